The first-order chi connectivity index (χ1) is 20.1. The molecule has 0 unspecified atom stereocenters. The average Bonchev–Trinajstić information content (AvgIpc) is 3.43. The third kappa shape index (κ3) is 5.47. The first-order valence-electron chi connectivity index (χ1n) is 14.6. The molecule has 222 valence electrons. The van der Waals surface area contributed by atoms with Crippen LogP contribution in [0.5, 0.6) is 5.75 Å². The van der Waals surface area contributed by atoms with Gasteiger partial charge in [-0.25, -0.2) is 18.1 Å². The number of aryl methyl sites for hydroxylation is 1. The monoisotopic (exact) mass is 590 g/mol. The summed E-state index contributed by atoms with van der Waals surface area (Å²) in [5, 5.41) is 15.4. The van der Waals surface area contributed by atoms with Gasteiger partial charge in [-0.15, -0.1) is 0 Å². The van der Waals surface area contributed by atoms with Crippen LogP contribution in [0.1, 0.15) is 49.9 Å². The Morgan fingerprint density at radius 1 is 1.10 bits per heavy atom. The minimum atomic E-state index is -3.05. The largest absolute Gasteiger partial charge is 0.496 e. The lowest BCUT2D eigenvalue weighted by Gasteiger charge is -2.48. The predicted molar refractivity (Wildman–Crippen MR) is 163 cm³/mol. The number of rotatable bonds is 8. The van der Waals surface area contributed by atoms with Crippen molar-refractivity contribution in [1.29, 1.82) is 0 Å². The number of methoxy groups -OCH3 is 1. The second-order valence-electron chi connectivity index (χ2n) is 11.9. The van der Waals surface area contributed by atoms with Crippen molar-refractivity contribution in [3.63, 3.8) is 0 Å². The molecule has 6 rings (SSSR count). The van der Waals surface area contributed by atoms with E-state index in [1.165, 1.54) is 6.26 Å². The first-order valence-corrected chi connectivity index (χ1v) is 16.6. The van der Waals surface area contributed by atoms with Crippen LogP contribution in [-0.4, -0.2) is 76.6 Å². The van der Waals surface area contributed by atoms with Crippen molar-refractivity contribution in [1.82, 2.24) is 24.7 Å². The van der Waals surface area contributed by atoms with Gasteiger partial charge in [0.05, 0.1) is 35.8 Å². The topological polar surface area (TPSA) is 123 Å². The van der Waals surface area contributed by atoms with Gasteiger partial charge in [0.1, 0.15) is 15.6 Å². The molecule has 11 heteroatoms. The number of anilines is 1. The third-order valence-electron chi connectivity index (χ3n) is 9.04. The number of aliphatic hydroxyl groups excluding tert-OH is 1. The lowest BCUT2D eigenvalue weighted by atomic mass is 9.80. The normalized spacial score (nSPS) is 22.7. The van der Waals surface area contributed by atoms with E-state index in [0.717, 1.165) is 70.7 Å². The van der Waals surface area contributed by atoms with Gasteiger partial charge < -0.3 is 14.7 Å². The summed E-state index contributed by atoms with van der Waals surface area (Å²) >= 11 is 0. The van der Waals surface area contributed by atoms with Crippen LogP contribution in [0.25, 0.3) is 28.0 Å². The predicted octanol–water partition coefficient (Wildman–Crippen LogP) is 4.33. The minimum Gasteiger partial charge on any atom is -0.496 e. The van der Waals surface area contributed by atoms with E-state index in [4.69, 9.17) is 19.8 Å². The highest BCUT2D eigenvalue weighted by atomic mass is 32.2. The molecule has 1 N–H and O–H groups in total. The number of nitrogens with zero attached hydrogens (tertiary/aromatic N) is 6. The Balaban J connectivity index is 1.43. The Kier molecular flexibility index (Phi) is 7.65. The molecule has 10 nitrogen and oxygen atoms in total. The molecule has 0 spiro atoms. The Bertz CT molecular complexity index is 1710. The van der Waals surface area contributed by atoms with Gasteiger partial charge in [0.25, 0.3) is 0 Å². The number of fused-ring (bicyclic) bond motifs is 1. The zero-order valence-electron chi connectivity index (χ0n) is 24.6. The van der Waals surface area contributed by atoms with Crippen LogP contribution < -0.4 is 9.64 Å². The first kappa shape index (κ1) is 28.5. The minimum absolute atomic E-state index is 0.0938. The van der Waals surface area contributed by atoms with E-state index >= 15 is 0 Å². The van der Waals surface area contributed by atoms with Crippen LogP contribution in [0.15, 0.2) is 42.9 Å². The second-order valence-corrected chi connectivity index (χ2v) is 14.1. The zero-order chi connectivity index (χ0) is 29.6. The van der Waals surface area contributed by atoms with Gasteiger partial charge in [0, 0.05) is 78.2 Å². The van der Waals surface area contributed by atoms with Crippen LogP contribution in [0.2, 0.25) is 0 Å². The van der Waals surface area contributed by atoms with Gasteiger partial charge >= 0.3 is 0 Å². The average molecular weight is 591 g/mol. The fraction of sp³-hybridized carbons (Fsp3) is 0.484. The Morgan fingerprint density at radius 3 is 2.57 bits per heavy atom. The van der Waals surface area contributed by atoms with Gasteiger partial charge in [-0.3, -0.25) is 9.97 Å². The summed E-state index contributed by atoms with van der Waals surface area (Å²) in [7, 11) is -1.42. The summed E-state index contributed by atoms with van der Waals surface area (Å²) in [6, 6.07) is 8.15. The maximum Gasteiger partial charge on any atom is 0.156 e. The molecule has 1 aliphatic heterocycles. The maximum atomic E-state index is 12.0. The van der Waals surface area contributed by atoms with E-state index in [0.29, 0.717) is 18.2 Å². The lowest BCUT2D eigenvalue weighted by Crippen LogP contribution is -2.57. The highest BCUT2D eigenvalue weighted by Gasteiger charge is 2.38. The van der Waals surface area contributed by atoms with Gasteiger partial charge in [0.15, 0.2) is 5.82 Å². The van der Waals surface area contributed by atoms with Gasteiger partial charge in [0.2, 0.25) is 0 Å². The van der Waals surface area contributed by atoms with Crippen molar-refractivity contribution in [3.05, 3.63) is 54.2 Å². The molecule has 0 aromatic carbocycles. The van der Waals surface area contributed by atoms with E-state index in [9.17, 15) is 13.5 Å². The summed E-state index contributed by atoms with van der Waals surface area (Å²) in [5.41, 5.74) is 5.31. The van der Waals surface area contributed by atoms with Crippen molar-refractivity contribution < 1.29 is 18.3 Å². The van der Waals surface area contributed by atoms with Crippen molar-refractivity contribution in [2.24, 2.45) is 11.8 Å². The van der Waals surface area contributed by atoms with Crippen LogP contribution >= 0.6 is 0 Å². The van der Waals surface area contributed by atoms with Crippen molar-refractivity contribution in [3.8, 4) is 22.8 Å². The highest BCUT2D eigenvalue weighted by molar-refractivity contribution is 7.90. The molecule has 4 aromatic rings. The summed E-state index contributed by atoms with van der Waals surface area (Å²) in [6.45, 7) is 4.98. The number of ether oxygens (including phenoxy) is 1. The fourth-order valence-corrected chi connectivity index (χ4v) is 7.67. The zero-order valence-corrected chi connectivity index (χ0v) is 25.4. The molecule has 1 aliphatic carbocycles. The Labute approximate surface area is 246 Å². The highest BCUT2D eigenvalue weighted by Crippen LogP contribution is 2.39. The van der Waals surface area contributed by atoms with Gasteiger partial charge in [-0.2, -0.15) is 5.10 Å². The molecular weight excluding hydrogens is 552 g/mol. The number of aliphatic hydroxyl groups is 1. The Morgan fingerprint density at radius 2 is 1.88 bits per heavy atom. The molecular formula is C31H38N6O4S. The molecule has 1 saturated heterocycles. The summed E-state index contributed by atoms with van der Waals surface area (Å²) < 4.78 is 31.4. The van der Waals surface area contributed by atoms with E-state index in [-0.39, 0.29) is 30.2 Å². The second kappa shape index (κ2) is 11.3. The smallest absolute Gasteiger partial charge is 0.156 e. The maximum absolute atomic E-state index is 12.0. The molecule has 0 amide bonds. The van der Waals surface area contributed by atoms with Crippen molar-refractivity contribution >= 4 is 26.4 Å². The molecule has 0 radical (unpaired) electrons. The van der Waals surface area contributed by atoms with Crippen molar-refractivity contribution in [2.75, 3.05) is 37.2 Å². The van der Waals surface area contributed by atoms with Crippen LogP contribution in [-0.2, 0) is 9.84 Å². The third-order valence-corrected chi connectivity index (χ3v) is 10.1. The molecule has 0 bridgehead atoms. The van der Waals surface area contributed by atoms with Crippen LogP contribution in [0.3, 0.4) is 0 Å². The van der Waals surface area contributed by atoms with Crippen LogP contribution in [0.4, 0.5) is 5.69 Å². The molecule has 42 heavy (non-hydrogen) atoms. The lowest BCUT2D eigenvalue weighted by molar-refractivity contribution is 0.181. The van der Waals surface area contributed by atoms with E-state index in [2.05, 4.69) is 28.9 Å². The molecule has 5 heterocycles. The number of aromatic nitrogens is 5. The summed E-state index contributed by atoms with van der Waals surface area (Å²) in [6.07, 6.45) is 10.5. The molecule has 2 aliphatic rings. The SMILES string of the molecule is COc1ccncc1-c1cc2c(cnn2-c2cc(N3C[C@H](CS(C)(=O)=O)[C@H]3C)cc(C3CCC(CO)CC3)n2)c(C)n1. The summed E-state index contributed by atoms with van der Waals surface area (Å²) in [5.74, 6) is 2.34. The standard InChI is InChI=1S/C31H38N6O4S/c1-19-25-15-33-37(29(25)13-28(34-19)26-14-32-10-9-30(26)41-3)31-12-24(36-16-23(20(36)2)18-42(4,39)40)11-27(35-31)22-7-5-21(17-38)6-8-22/h9-15,20-23,38H,5-8,16-18H2,1-4H3/t20-,21?,22?,23-/m1/s1. The van der Waals surface area contributed by atoms with E-state index < -0.39 is 9.84 Å². The van der Waals surface area contributed by atoms with Crippen molar-refractivity contribution in [2.45, 2.75) is 51.5 Å². The molecule has 1 saturated carbocycles. The van der Waals surface area contributed by atoms with Gasteiger partial charge in [-0.05, 0) is 63.6 Å². The number of hydrogen-bond donors (Lipinski definition) is 1. The Hall–Kier alpha value is -3.57. The summed E-state index contributed by atoms with van der Waals surface area (Å²) in [4.78, 5) is 16.6. The molecule has 2 fully saturated rings. The van der Waals surface area contributed by atoms with Gasteiger partial charge in [-0.1, -0.05) is 0 Å². The number of hydrogen-bond acceptors (Lipinski definition) is 9. The quantitative estimate of drug-likeness (QED) is 0.319. The number of pyridine rings is 3. The fourth-order valence-electron chi connectivity index (χ4n) is 6.51. The van der Waals surface area contributed by atoms with E-state index in [1.54, 1.807) is 19.5 Å². The van der Waals surface area contributed by atoms with Crippen LogP contribution in [0, 0.1) is 18.8 Å². The molecule has 2 atom stereocenters. The molecule has 4 aromatic heterocycles. The van der Waals surface area contributed by atoms with E-state index in [1.807, 2.05) is 29.9 Å². The number of sulfone groups is 1.